The standard InChI is InChI=1S/C22H26BrNO4/c1-14-17-11-20(26-3)19(25-2)9-15(17)5-6-24(14)13-16-10-21-22(12-18(16)23)28-8-4-7-27-21/h9-12,14H,4-8,13H2,1-3H3/t14-/m1/s1. The number of methoxy groups -OCH3 is 2. The molecule has 6 heteroatoms. The number of fused-ring (bicyclic) bond motifs is 2. The van der Waals surface area contributed by atoms with E-state index >= 15 is 0 Å². The van der Waals surface area contributed by atoms with Gasteiger partial charge in [0.15, 0.2) is 23.0 Å². The highest BCUT2D eigenvalue weighted by Gasteiger charge is 2.27. The highest BCUT2D eigenvalue weighted by atomic mass is 79.9. The molecule has 150 valence electrons. The molecule has 2 aromatic carbocycles. The lowest BCUT2D eigenvalue weighted by Gasteiger charge is -2.36. The molecule has 0 radical (unpaired) electrons. The average molecular weight is 448 g/mol. The topological polar surface area (TPSA) is 40.2 Å². The Morgan fingerprint density at radius 3 is 2.43 bits per heavy atom. The molecule has 0 saturated carbocycles. The largest absolute Gasteiger partial charge is 0.493 e. The van der Waals surface area contributed by atoms with E-state index < -0.39 is 0 Å². The fourth-order valence-electron chi connectivity index (χ4n) is 3.98. The lowest BCUT2D eigenvalue weighted by molar-refractivity contribution is 0.188. The van der Waals surface area contributed by atoms with E-state index in [9.17, 15) is 0 Å². The molecule has 1 atom stereocenters. The van der Waals surface area contributed by atoms with Crippen molar-refractivity contribution in [3.05, 3.63) is 45.4 Å². The number of hydrogen-bond acceptors (Lipinski definition) is 5. The van der Waals surface area contributed by atoms with Gasteiger partial charge in [-0.2, -0.15) is 0 Å². The van der Waals surface area contributed by atoms with Gasteiger partial charge in [0.05, 0.1) is 27.4 Å². The highest BCUT2D eigenvalue weighted by Crippen LogP contribution is 2.40. The van der Waals surface area contributed by atoms with Crippen LogP contribution in [0.15, 0.2) is 28.7 Å². The van der Waals surface area contributed by atoms with Gasteiger partial charge >= 0.3 is 0 Å². The molecule has 0 unspecified atom stereocenters. The lowest BCUT2D eigenvalue weighted by Crippen LogP contribution is -2.33. The van der Waals surface area contributed by atoms with E-state index in [4.69, 9.17) is 18.9 Å². The maximum Gasteiger partial charge on any atom is 0.162 e. The van der Waals surface area contributed by atoms with E-state index in [0.29, 0.717) is 13.2 Å². The van der Waals surface area contributed by atoms with Crippen LogP contribution < -0.4 is 18.9 Å². The summed E-state index contributed by atoms with van der Waals surface area (Å²) in [6.07, 6.45) is 1.90. The first-order chi connectivity index (χ1) is 13.6. The second kappa shape index (κ2) is 8.21. The van der Waals surface area contributed by atoms with Crippen LogP contribution in [-0.4, -0.2) is 38.9 Å². The van der Waals surface area contributed by atoms with Crippen molar-refractivity contribution in [1.82, 2.24) is 4.90 Å². The average Bonchev–Trinajstić information content (AvgIpc) is 2.94. The zero-order valence-corrected chi connectivity index (χ0v) is 18.2. The SMILES string of the molecule is COc1cc2c(cc1OC)[C@@H](C)N(Cc1cc3c(cc1Br)OCCCO3)CC2. The van der Waals surface area contributed by atoms with Gasteiger partial charge in [-0.15, -0.1) is 0 Å². The van der Waals surface area contributed by atoms with Crippen molar-refractivity contribution >= 4 is 15.9 Å². The van der Waals surface area contributed by atoms with Crippen LogP contribution in [0, 0.1) is 0 Å². The minimum absolute atomic E-state index is 0.284. The van der Waals surface area contributed by atoms with Gasteiger partial charge in [-0.1, -0.05) is 15.9 Å². The lowest BCUT2D eigenvalue weighted by atomic mass is 9.92. The van der Waals surface area contributed by atoms with Gasteiger partial charge in [-0.3, -0.25) is 4.90 Å². The smallest absolute Gasteiger partial charge is 0.162 e. The van der Waals surface area contributed by atoms with Crippen LogP contribution in [0.4, 0.5) is 0 Å². The van der Waals surface area contributed by atoms with Crippen molar-refractivity contribution in [2.45, 2.75) is 32.4 Å². The van der Waals surface area contributed by atoms with E-state index in [0.717, 1.165) is 53.4 Å². The van der Waals surface area contributed by atoms with Crippen molar-refractivity contribution in [1.29, 1.82) is 0 Å². The molecule has 0 amide bonds. The molecule has 2 aliphatic rings. The van der Waals surface area contributed by atoms with Gasteiger partial charge < -0.3 is 18.9 Å². The highest BCUT2D eigenvalue weighted by molar-refractivity contribution is 9.10. The summed E-state index contributed by atoms with van der Waals surface area (Å²) in [5.41, 5.74) is 3.84. The molecule has 4 rings (SSSR count). The van der Waals surface area contributed by atoms with Crippen molar-refractivity contribution in [3.8, 4) is 23.0 Å². The molecule has 0 aliphatic carbocycles. The molecule has 0 aromatic heterocycles. The maximum atomic E-state index is 5.88. The Morgan fingerprint density at radius 1 is 1.04 bits per heavy atom. The van der Waals surface area contributed by atoms with Gasteiger partial charge in [0.2, 0.25) is 0 Å². The maximum absolute atomic E-state index is 5.88. The van der Waals surface area contributed by atoms with Crippen LogP contribution in [0.3, 0.4) is 0 Å². The Morgan fingerprint density at radius 2 is 1.71 bits per heavy atom. The summed E-state index contributed by atoms with van der Waals surface area (Å²) >= 11 is 3.72. The Bertz CT molecular complexity index is 870. The zero-order valence-electron chi connectivity index (χ0n) is 16.6. The third-order valence-electron chi connectivity index (χ3n) is 5.60. The second-order valence-electron chi connectivity index (χ2n) is 7.24. The molecule has 2 aliphatic heterocycles. The third-order valence-corrected chi connectivity index (χ3v) is 6.34. The summed E-state index contributed by atoms with van der Waals surface area (Å²) in [4.78, 5) is 2.48. The van der Waals surface area contributed by atoms with E-state index in [1.54, 1.807) is 14.2 Å². The van der Waals surface area contributed by atoms with Crippen LogP contribution in [0.1, 0.15) is 36.1 Å². The normalized spacial score (nSPS) is 18.9. The van der Waals surface area contributed by atoms with Gasteiger partial charge in [-0.05, 0) is 54.3 Å². The Balaban J connectivity index is 1.59. The second-order valence-corrected chi connectivity index (χ2v) is 8.10. The summed E-state index contributed by atoms with van der Waals surface area (Å²) in [6, 6.07) is 8.67. The minimum Gasteiger partial charge on any atom is -0.493 e. The molecular formula is C22H26BrNO4. The molecule has 0 bridgehead atoms. The summed E-state index contributed by atoms with van der Waals surface area (Å²) in [5.74, 6) is 3.24. The van der Waals surface area contributed by atoms with Crippen LogP contribution in [0.2, 0.25) is 0 Å². The van der Waals surface area contributed by atoms with Gasteiger partial charge in [0.25, 0.3) is 0 Å². The van der Waals surface area contributed by atoms with Crippen molar-refractivity contribution in [2.75, 3.05) is 34.0 Å². The van der Waals surface area contributed by atoms with Gasteiger partial charge in [0.1, 0.15) is 0 Å². The number of nitrogens with zero attached hydrogens (tertiary/aromatic N) is 1. The van der Waals surface area contributed by atoms with E-state index in [1.165, 1.54) is 16.7 Å². The van der Waals surface area contributed by atoms with Crippen molar-refractivity contribution < 1.29 is 18.9 Å². The first-order valence-electron chi connectivity index (χ1n) is 9.67. The number of ether oxygens (including phenoxy) is 4. The molecule has 2 aromatic rings. The van der Waals surface area contributed by atoms with E-state index in [2.05, 4.69) is 46.0 Å². The van der Waals surface area contributed by atoms with Crippen LogP contribution in [0.25, 0.3) is 0 Å². The third kappa shape index (κ3) is 3.67. The van der Waals surface area contributed by atoms with E-state index in [1.807, 2.05) is 6.07 Å². The molecule has 0 spiro atoms. The molecule has 0 N–H and O–H groups in total. The predicted molar refractivity (Wildman–Crippen MR) is 112 cm³/mol. The molecule has 2 heterocycles. The van der Waals surface area contributed by atoms with Crippen molar-refractivity contribution in [2.24, 2.45) is 0 Å². The first kappa shape index (κ1) is 19.4. The van der Waals surface area contributed by atoms with Crippen LogP contribution >= 0.6 is 15.9 Å². The quantitative estimate of drug-likeness (QED) is 0.676. The molecular weight excluding hydrogens is 422 g/mol. The molecule has 5 nitrogen and oxygen atoms in total. The number of rotatable bonds is 4. The fourth-order valence-corrected chi connectivity index (χ4v) is 4.43. The van der Waals surface area contributed by atoms with Gasteiger partial charge in [-0.25, -0.2) is 0 Å². The van der Waals surface area contributed by atoms with Crippen LogP contribution in [0.5, 0.6) is 23.0 Å². The number of benzene rings is 2. The fraction of sp³-hybridized carbons (Fsp3) is 0.455. The monoisotopic (exact) mass is 447 g/mol. The Labute approximate surface area is 174 Å². The summed E-state index contributed by atoms with van der Waals surface area (Å²) < 4.78 is 23.7. The van der Waals surface area contributed by atoms with Crippen LogP contribution in [-0.2, 0) is 13.0 Å². The van der Waals surface area contributed by atoms with Gasteiger partial charge in [0, 0.05) is 30.0 Å². The Hall–Kier alpha value is -1.92. The Kier molecular flexibility index (Phi) is 5.69. The molecule has 0 saturated heterocycles. The number of halogens is 1. The summed E-state index contributed by atoms with van der Waals surface area (Å²) in [5, 5.41) is 0. The summed E-state index contributed by atoms with van der Waals surface area (Å²) in [6.45, 7) is 5.48. The first-order valence-corrected chi connectivity index (χ1v) is 10.5. The molecule has 0 fully saturated rings. The zero-order chi connectivity index (χ0) is 19.7. The molecule has 28 heavy (non-hydrogen) atoms. The predicted octanol–water partition coefficient (Wildman–Crippen LogP) is 4.75. The summed E-state index contributed by atoms with van der Waals surface area (Å²) in [7, 11) is 3.37. The number of hydrogen-bond donors (Lipinski definition) is 0. The minimum atomic E-state index is 0.284. The van der Waals surface area contributed by atoms with E-state index in [-0.39, 0.29) is 6.04 Å². The van der Waals surface area contributed by atoms with Crippen molar-refractivity contribution in [3.63, 3.8) is 0 Å².